The van der Waals surface area contributed by atoms with Gasteiger partial charge in [-0.05, 0) is 6.07 Å². The fraction of sp³-hybridized carbons (Fsp3) is 0.300. The Morgan fingerprint density at radius 3 is 3.00 bits per heavy atom. The van der Waals surface area contributed by atoms with Gasteiger partial charge in [0.15, 0.2) is 6.10 Å². The second kappa shape index (κ2) is 4.02. The summed E-state index contributed by atoms with van der Waals surface area (Å²) >= 11 is 0. The summed E-state index contributed by atoms with van der Waals surface area (Å²) < 4.78 is 13.5. The van der Waals surface area contributed by atoms with Gasteiger partial charge in [0, 0.05) is 12.0 Å². The smallest absolute Gasteiger partial charge is 0.156 e. The molecule has 0 spiro atoms. The molecule has 5 heteroatoms. The maximum absolute atomic E-state index is 13.5. The Kier molecular flexibility index (Phi) is 2.73. The second-order valence-electron chi connectivity index (χ2n) is 3.64. The minimum atomic E-state index is -0.333. The molecule has 1 aliphatic rings. The average molecular weight is 207 g/mol. The van der Waals surface area contributed by atoms with Crippen molar-refractivity contribution < 1.29 is 14.3 Å². The summed E-state index contributed by atoms with van der Waals surface area (Å²) in [5.74, 6) is -0.295. The van der Waals surface area contributed by atoms with Crippen molar-refractivity contribution in [1.29, 1.82) is 0 Å². The van der Waals surface area contributed by atoms with E-state index in [0.717, 1.165) is 5.46 Å². The van der Waals surface area contributed by atoms with Crippen LogP contribution in [0.2, 0.25) is 0 Å². The number of halogens is 1. The molecular formula is C10H11BFNO2. The van der Waals surface area contributed by atoms with Crippen molar-refractivity contribution >= 4 is 19.0 Å². The van der Waals surface area contributed by atoms with Gasteiger partial charge >= 0.3 is 0 Å². The molecule has 1 aromatic rings. The summed E-state index contributed by atoms with van der Waals surface area (Å²) in [6, 6.07) is 4.98. The van der Waals surface area contributed by atoms with E-state index < -0.39 is 0 Å². The number of nitrogens with zero attached hydrogens (tertiary/aromatic N) is 1. The van der Waals surface area contributed by atoms with Crippen molar-refractivity contribution in [2.45, 2.75) is 12.5 Å². The molecule has 0 saturated carbocycles. The minimum Gasteiger partial charge on any atom is -0.392 e. The number of benzene rings is 1. The van der Waals surface area contributed by atoms with E-state index in [4.69, 9.17) is 9.94 Å². The molecular weight excluding hydrogens is 196 g/mol. The average Bonchev–Trinajstić information content (AvgIpc) is 2.66. The Balaban J connectivity index is 2.24. The van der Waals surface area contributed by atoms with Crippen molar-refractivity contribution in [3.8, 4) is 0 Å². The number of rotatable bonds is 2. The highest BCUT2D eigenvalue weighted by atomic mass is 19.1. The van der Waals surface area contributed by atoms with Gasteiger partial charge < -0.3 is 9.94 Å². The first-order valence-electron chi connectivity index (χ1n) is 4.81. The molecule has 1 atom stereocenters. The van der Waals surface area contributed by atoms with Crippen molar-refractivity contribution in [3.05, 3.63) is 29.6 Å². The largest absolute Gasteiger partial charge is 0.392 e. The number of aliphatic hydroxyl groups excluding tert-OH is 1. The molecule has 0 aliphatic carbocycles. The first-order valence-corrected chi connectivity index (χ1v) is 4.81. The van der Waals surface area contributed by atoms with Crippen LogP contribution >= 0.6 is 0 Å². The van der Waals surface area contributed by atoms with Gasteiger partial charge in [-0.15, -0.1) is 0 Å². The van der Waals surface area contributed by atoms with Crippen molar-refractivity contribution in [3.63, 3.8) is 0 Å². The predicted molar refractivity (Wildman–Crippen MR) is 57.7 cm³/mol. The highest BCUT2D eigenvalue weighted by Gasteiger charge is 2.23. The van der Waals surface area contributed by atoms with Crippen molar-refractivity contribution in [2.24, 2.45) is 5.16 Å². The number of hydrogen-bond acceptors (Lipinski definition) is 3. The van der Waals surface area contributed by atoms with E-state index >= 15 is 0 Å². The molecule has 0 fully saturated rings. The molecule has 2 rings (SSSR count). The molecule has 0 bridgehead atoms. The molecule has 1 aromatic carbocycles. The molecule has 0 saturated heterocycles. The van der Waals surface area contributed by atoms with Crippen LogP contribution in [0.5, 0.6) is 0 Å². The number of hydrogen-bond donors (Lipinski definition) is 1. The minimum absolute atomic E-state index is 0.0967. The Hall–Kier alpha value is -1.36. The van der Waals surface area contributed by atoms with E-state index in [0.29, 0.717) is 17.7 Å². The van der Waals surface area contributed by atoms with Gasteiger partial charge in [0.2, 0.25) is 0 Å². The fourth-order valence-electron chi connectivity index (χ4n) is 1.54. The number of aliphatic hydroxyl groups is 1. The zero-order valence-corrected chi connectivity index (χ0v) is 8.40. The van der Waals surface area contributed by atoms with Crippen LogP contribution in [0.3, 0.4) is 0 Å². The van der Waals surface area contributed by atoms with Gasteiger partial charge in [-0.2, -0.15) is 0 Å². The predicted octanol–water partition coefficient (Wildman–Crippen LogP) is -0.431. The van der Waals surface area contributed by atoms with E-state index in [1.807, 2.05) is 13.9 Å². The lowest BCUT2D eigenvalue weighted by Gasteiger charge is -2.03. The summed E-state index contributed by atoms with van der Waals surface area (Å²) in [4.78, 5) is 4.93. The SMILES string of the molecule is Bc1ccc(C2=NOC(CO)C2)c(F)c1. The lowest BCUT2D eigenvalue weighted by molar-refractivity contribution is 0.0390. The summed E-state index contributed by atoms with van der Waals surface area (Å²) in [5, 5.41) is 12.6. The van der Waals surface area contributed by atoms with Crippen LogP contribution in [0.25, 0.3) is 0 Å². The van der Waals surface area contributed by atoms with E-state index in [2.05, 4.69) is 5.16 Å². The van der Waals surface area contributed by atoms with Crippen LogP contribution in [-0.4, -0.2) is 31.4 Å². The van der Waals surface area contributed by atoms with Crippen molar-refractivity contribution in [1.82, 2.24) is 0 Å². The summed E-state index contributed by atoms with van der Waals surface area (Å²) in [5.41, 5.74) is 1.89. The monoisotopic (exact) mass is 207 g/mol. The molecule has 1 unspecified atom stereocenters. The highest BCUT2D eigenvalue weighted by Crippen LogP contribution is 2.17. The first-order chi connectivity index (χ1) is 7.20. The van der Waals surface area contributed by atoms with E-state index in [-0.39, 0.29) is 18.5 Å². The molecule has 1 N–H and O–H groups in total. The number of oxime groups is 1. The summed E-state index contributed by atoms with van der Waals surface area (Å²) in [6.07, 6.45) is 0.122. The molecule has 1 aliphatic heterocycles. The molecule has 78 valence electrons. The molecule has 3 nitrogen and oxygen atoms in total. The summed E-state index contributed by atoms with van der Waals surface area (Å²) in [6.45, 7) is -0.0967. The van der Waals surface area contributed by atoms with Crippen LogP contribution in [0.1, 0.15) is 12.0 Å². The molecule has 0 radical (unpaired) electrons. The third-order valence-electron chi connectivity index (χ3n) is 2.37. The van der Waals surface area contributed by atoms with Gasteiger partial charge in [-0.25, -0.2) is 4.39 Å². The third kappa shape index (κ3) is 2.02. The Labute approximate surface area is 88.0 Å². The van der Waals surface area contributed by atoms with Crippen LogP contribution < -0.4 is 5.46 Å². The summed E-state index contributed by atoms with van der Waals surface area (Å²) in [7, 11) is 1.83. The van der Waals surface area contributed by atoms with E-state index in [9.17, 15) is 4.39 Å². The van der Waals surface area contributed by atoms with Gasteiger partial charge in [-0.3, -0.25) is 0 Å². The standard InChI is InChI=1S/C10H11BFNO2/c11-6-1-2-8(9(12)3-6)10-4-7(5-14)15-13-10/h1-3,7,14H,4-5,11H2. The van der Waals surface area contributed by atoms with E-state index in [1.54, 1.807) is 6.07 Å². The maximum Gasteiger partial charge on any atom is 0.156 e. The van der Waals surface area contributed by atoms with Crippen LogP contribution in [0.4, 0.5) is 4.39 Å². The Bertz CT molecular complexity index is 408. The van der Waals surface area contributed by atoms with E-state index in [1.165, 1.54) is 6.07 Å². The highest BCUT2D eigenvalue weighted by molar-refractivity contribution is 6.32. The topological polar surface area (TPSA) is 41.8 Å². The first kappa shape index (κ1) is 10.2. The molecule has 0 aromatic heterocycles. The normalized spacial score (nSPS) is 19.9. The van der Waals surface area contributed by atoms with Gasteiger partial charge in [-0.1, -0.05) is 22.8 Å². The molecule has 15 heavy (non-hydrogen) atoms. The second-order valence-corrected chi connectivity index (χ2v) is 3.64. The van der Waals surface area contributed by atoms with Crippen LogP contribution in [0.15, 0.2) is 23.4 Å². The zero-order valence-electron chi connectivity index (χ0n) is 8.40. The zero-order chi connectivity index (χ0) is 10.8. The third-order valence-corrected chi connectivity index (χ3v) is 2.37. The quantitative estimate of drug-likeness (QED) is 0.668. The Morgan fingerprint density at radius 2 is 2.40 bits per heavy atom. The molecule has 1 heterocycles. The van der Waals surface area contributed by atoms with Crippen LogP contribution in [0, 0.1) is 5.82 Å². The lowest BCUT2D eigenvalue weighted by atomic mass is 9.93. The lowest BCUT2D eigenvalue weighted by Crippen LogP contribution is -2.14. The van der Waals surface area contributed by atoms with Crippen LogP contribution in [-0.2, 0) is 4.84 Å². The van der Waals surface area contributed by atoms with Gasteiger partial charge in [0.1, 0.15) is 13.7 Å². The molecule has 0 amide bonds. The van der Waals surface area contributed by atoms with Gasteiger partial charge in [0.25, 0.3) is 0 Å². The Morgan fingerprint density at radius 1 is 1.60 bits per heavy atom. The fourth-order valence-corrected chi connectivity index (χ4v) is 1.54. The van der Waals surface area contributed by atoms with Gasteiger partial charge in [0.05, 0.1) is 12.3 Å². The van der Waals surface area contributed by atoms with Crippen molar-refractivity contribution in [2.75, 3.05) is 6.61 Å². The maximum atomic E-state index is 13.5.